The molecule has 14 heteroatoms. The molecule has 0 aromatic heterocycles. The lowest BCUT2D eigenvalue weighted by Crippen LogP contribution is -2.52. The zero-order valence-electron chi connectivity index (χ0n) is 32.4. The molecule has 2 aliphatic heterocycles. The number of ether oxygens (including phenoxy) is 3. The van der Waals surface area contributed by atoms with Crippen molar-refractivity contribution >= 4 is 31.6 Å². The number of sulfone groups is 1. The molecule has 298 valence electrons. The van der Waals surface area contributed by atoms with Gasteiger partial charge in [0.05, 0.1) is 42.7 Å². The summed E-state index contributed by atoms with van der Waals surface area (Å²) in [7, 11) is -4.18. The zero-order chi connectivity index (χ0) is 39.7. The van der Waals surface area contributed by atoms with Gasteiger partial charge in [-0.15, -0.1) is 0 Å². The van der Waals surface area contributed by atoms with E-state index >= 15 is 0 Å². The summed E-state index contributed by atoms with van der Waals surface area (Å²) in [4.78, 5) is 18.0. The van der Waals surface area contributed by atoms with Gasteiger partial charge in [-0.2, -0.15) is 4.31 Å². The van der Waals surface area contributed by atoms with Gasteiger partial charge in [-0.05, 0) is 116 Å². The maximum absolute atomic E-state index is 14.2. The number of nitrogens with zero attached hydrogens (tertiary/aromatic N) is 3. The van der Waals surface area contributed by atoms with Gasteiger partial charge in [0, 0.05) is 50.2 Å². The fourth-order valence-corrected chi connectivity index (χ4v) is 10.1. The Balaban J connectivity index is 1.04. The number of carbonyl (C=O) groups is 1. The highest BCUT2D eigenvalue weighted by Gasteiger charge is 2.45. The van der Waals surface area contributed by atoms with Gasteiger partial charge in [-0.3, -0.25) is 9.80 Å². The van der Waals surface area contributed by atoms with Crippen LogP contribution < -0.4 is 24.4 Å². The molecule has 1 aliphatic carbocycles. The number of carbonyl (C=O) groups excluding carboxylic acids is 1. The van der Waals surface area contributed by atoms with Crippen molar-refractivity contribution in [3.05, 3.63) is 107 Å². The van der Waals surface area contributed by atoms with Crippen molar-refractivity contribution in [3.63, 3.8) is 0 Å². The predicted octanol–water partition coefficient (Wildman–Crippen LogP) is 6.34. The molecule has 2 saturated heterocycles. The molecular formula is C42H50N4O8S2. The summed E-state index contributed by atoms with van der Waals surface area (Å²) in [5, 5.41) is 3.25. The lowest BCUT2D eigenvalue weighted by molar-refractivity contribution is 0.149. The molecule has 1 spiro atoms. The number of piperidine rings is 1. The highest BCUT2D eigenvalue weighted by atomic mass is 32.2. The normalized spacial score (nSPS) is 17.3. The lowest BCUT2D eigenvalue weighted by Gasteiger charge is -2.39. The third kappa shape index (κ3) is 8.68. The van der Waals surface area contributed by atoms with Crippen LogP contribution in [0, 0.1) is 0 Å². The van der Waals surface area contributed by atoms with E-state index in [0.717, 1.165) is 61.0 Å². The molecule has 12 nitrogen and oxygen atoms in total. The van der Waals surface area contributed by atoms with Gasteiger partial charge in [-0.1, -0.05) is 24.3 Å². The number of rotatable bonds is 15. The Labute approximate surface area is 330 Å². The largest absolute Gasteiger partial charge is 0.497 e. The Morgan fingerprint density at radius 2 is 1.39 bits per heavy atom. The van der Waals surface area contributed by atoms with Crippen LogP contribution in [-0.2, 0) is 39.5 Å². The van der Waals surface area contributed by atoms with Crippen LogP contribution in [0.4, 0.5) is 10.5 Å². The van der Waals surface area contributed by atoms with E-state index in [-0.39, 0.29) is 29.9 Å². The summed E-state index contributed by atoms with van der Waals surface area (Å²) in [5.41, 5.74) is 3.69. The number of benzene rings is 4. The lowest BCUT2D eigenvalue weighted by atomic mass is 9.88. The van der Waals surface area contributed by atoms with Crippen LogP contribution >= 0.6 is 0 Å². The molecule has 4 aromatic carbocycles. The van der Waals surface area contributed by atoms with E-state index < -0.39 is 25.4 Å². The minimum Gasteiger partial charge on any atom is -0.497 e. The van der Waals surface area contributed by atoms with Crippen LogP contribution in [0.5, 0.6) is 17.2 Å². The smallest absolute Gasteiger partial charge is 0.322 e. The highest BCUT2D eigenvalue weighted by Crippen LogP contribution is 2.45. The first-order valence-electron chi connectivity index (χ1n) is 19.0. The van der Waals surface area contributed by atoms with Gasteiger partial charge in [0.2, 0.25) is 10.0 Å². The van der Waals surface area contributed by atoms with Gasteiger partial charge in [0.1, 0.15) is 17.2 Å². The van der Waals surface area contributed by atoms with Crippen molar-refractivity contribution in [2.45, 2.75) is 73.5 Å². The van der Waals surface area contributed by atoms with Gasteiger partial charge in [-0.25, -0.2) is 21.6 Å². The van der Waals surface area contributed by atoms with Crippen LogP contribution in [0.25, 0.3) is 0 Å². The molecule has 56 heavy (non-hydrogen) atoms. The van der Waals surface area contributed by atoms with Gasteiger partial charge >= 0.3 is 6.03 Å². The molecule has 0 bridgehead atoms. The first kappa shape index (κ1) is 39.6. The molecule has 2 heterocycles. The van der Waals surface area contributed by atoms with E-state index in [1.165, 1.54) is 10.6 Å². The van der Waals surface area contributed by atoms with E-state index in [0.29, 0.717) is 47.5 Å². The molecule has 0 unspecified atom stereocenters. The van der Waals surface area contributed by atoms with Crippen LogP contribution in [0.15, 0.2) is 94.7 Å². The van der Waals surface area contributed by atoms with Crippen LogP contribution in [0.2, 0.25) is 0 Å². The maximum Gasteiger partial charge on any atom is 0.322 e. The molecule has 1 N–H and O–H groups in total. The molecule has 3 fully saturated rings. The average Bonchev–Trinajstić information content (AvgIpc) is 3.99. The molecule has 1 saturated carbocycles. The number of urea groups is 1. The second kappa shape index (κ2) is 16.1. The van der Waals surface area contributed by atoms with Crippen molar-refractivity contribution < 1.29 is 35.8 Å². The fourth-order valence-electron chi connectivity index (χ4n) is 7.70. The van der Waals surface area contributed by atoms with Crippen LogP contribution in [0.3, 0.4) is 0 Å². The van der Waals surface area contributed by atoms with E-state index in [1.807, 2.05) is 61.5 Å². The summed E-state index contributed by atoms with van der Waals surface area (Å²) in [6, 6.07) is 24.7. The summed E-state index contributed by atoms with van der Waals surface area (Å²) < 4.78 is 71.7. The molecule has 0 atom stereocenters. The first-order valence-corrected chi connectivity index (χ1v) is 22.3. The minimum atomic E-state index is -3.95. The Bertz CT molecular complexity index is 2200. The Kier molecular flexibility index (Phi) is 11.4. The number of anilines is 1. The third-order valence-electron chi connectivity index (χ3n) is 11.0. The minimum absolute atomic E-state index is 0.131. The Morgan fingerprint density at radius 1 is 0.821 bits per heavy atom. The summed E-state index contributed by atoms with van der Waals surface area (Å²) in [6.45, 7) is 5.19. The molecule has 0 radical (unpaired) electrons. The third-order valence-corrected chi connectivity index (χ3v) is 14.0. The zero-order valence-corrected chi connectivity index (χ0v) is 34.0. The fraction of sp³-hybridized carbons (Fsp3) is 0.405. The van der Waals surface area contributed by atoms with Gasteiger partial charge in [0.25, 0.3) is 0 Å². The van der Waals surface area contributed by atoms with Crippen molar-refractivity contribution in [1.82, 2.24) is 14.5 Å². The Morgan fingerprint density at radius 3 is 1.89 bits per heavy atom. The molecule has 4 aromatic rings. The number of nitrogens with one attached hydrogen (secondary N) is 1. The quantitative estimate of drug-likeness (QED) is 0.146. The number of methoxy groups -OCH3 is 2. The van der Waals surface area contributed by atoms with Crippen molar-refractivity contribution in [3.8, 4) is 17.2 Å². The number of likely N-dealkylation sites (tertiary alicyclic amines) is 1. The van der Waals surface area contributed by atoms with E-state index in [9.17, 15) is 21.6 Å². The monoisotopic (exact) mass is 802 g/mol. The summed E-state index contributed by atoms with van der Waals surface area (Å²) >= 11 is 0. The van der Waals surface area contributed by atoms with Crippen LogP contribution in [0.1, 0.15) is 60.8 Å². The highest BCUT2D eigenvalue weighted by molar-refractivity contribution is 7.90. The molecule has 7 rings (SSSR count). The van der Waals surface area contributed by atoms with Crippen molar-refractivity contribution in [2.24, 2.45) is 0 Å². The molecular weight excluding hydrogens is 753 g/mol. The van der Waals surface area contributed by atoms with E-state index in [1.54, 1.807) is 49.5 Å². The second-order valence-electron chi connectivity index (χ2n) is 15.0. The average molecular weight is 803 g/mol. The first-order chi connectivity index (χ1) is 26.8. The van der Waals surface area contributed by atoms with Gasteiger partial charge < -0.3 is 19.5 Å². The van der Waals surface area contributed by atoms with E-state index in [2.05, 4.69) is 10.2 Å². The number of amides is 2. The van der Waals surface area contributed by atoms with E-state index in [4.69, 9.17) is 14.2 Å². The maximum atomic E-state index is 14.2. The number of hydrogen-bond acceptors (Lipinski definition) is 9. The van der Waals surface area contributed by atoms with Crippen LogP contribution in [-0.4, -0.2) is 84.3 Å². The Hall–Kier alpha value is -4.63. The van der Waals surface area contributed by atoms with Crippen molar-refractivity contribution in [1.29, 1.82) is 0 Å². The molecule has 2 amide bonds. The standard InChI is InChI=1S/C42H50N4O8S2/c1-5-54-39-25-40(55(4,48)49)38(32-10-11-32)24-33(39)28-44-22-20-42(21-23-44)29-46(41(47)43-42)34-12-18-37(19-13-34)56(50,51)45(26-30-6-14-35(52-2)15-7-30)27-31-8-16-36(53-3)17-9-31/h6-9,12-19,24-25,32H,5,10-11,20-23,26-29H2,1-4H3,(H,43,47). The molecule has 3 aliphatic rings. The predicted molar refractivity (Wildman–Crippen MR) is 215 cm³/mol. The SMILES string of the molecule is CCOc1cc(S(C)(=O)=O)c(C2CC2)cc1CN1CCC2(CC1)CN(c1ccc(S(=O)(=O)N(Cc3ccc(OC)cc3)Cc3ccc(OC)cc3)cc1)C(=O)N2. The second-order valence-corrected chi connectivity index (χ2v) is 18.9. The van der Waals surface area contributed by atoms with Gasteiger partial charge in [0.15, 0.2) is 9.84 Å². The summed E-state index contributed by atoms with van der Waals surface area (Å²) in [5.74, 6) is 2.24. The van der Waals surface area contributed by atoms with Crippen molar-refractivity contribution in [2.75, 3.05) is 51.6 Å². The number of sulfonamides is 1. The topological polar surface area (TPSA) is 135 Å². The summed E-state index contributed by atoms with van der Waals surface area (Å²) in [6.07, 6.45) is 4.70. The number of hydrogen-bond donors (Lipinski definition) is 1.